The van der Waals surface area contributed by atoms with E-state index in [9.17, 15) is 4.79 Å². The van der Waals surface area contributed by atoms with E-state index in [1.165, 1.54) is 19.3 Å². The van der Waals surface area contributed by atoms with E-state index in [1.54, 1.807) is 6.07 Å². The highest BCUT2D eigenvalue weighted by Gasteiger charge is 2.41. The van der Waals surface area contributed by atoms with Gasteiger partial charge in [0.25, 0.3) is 5.91 Å². The molecule has 1 amide bonds. The van der Waals surface area contributed by atoms with Gasteiger partial charge in [-0.2, -0.15) is 0 Å². The molecule has 0 aromatic heterocycles. The van der Waals surface area contributed by atoms with Gasteiger partial charge in [-0.3, -0.25) is 9.79 Å². The van der Waals surface area contributed by atoms with Gasteiger partial charge in [0.05, 0.1) is 17.8 Å². The van der Waals surface area contributed by atoms with Crippen LogP contribution in [0.1, 0.15) is 53.6 Å². The topological polar surface area (TPSA) is 67.5 Å². The Balaban J connectivity index is 1.73. The van der Waals surface area contributed by atoms with Gasteiger partial charge in [-0.05, 0) is 48.6 Å². The fourth-order valence-corrected chi connectivity index (χ4v) is 4.67. The van der Waals surface area contributed by atoms with Crippen molar-refractivity contribution in [2.24, 2.45) is 16.1 Å². The van der Waals surface area contributed by atoms with Gasteiger partial charge in [0, 0.05) is 10.4 Å². The largest absolute Gasteiger partial charge is 0.366 e. The average molecular weight is 382 g/mol. The zero-order valence-corrected chi connectivity index (χ0v) is 16.1. The number of hydrogen-bond donors (Lipinski definition) is 2. The number of primary amides is 1. The molecule has 27 heavy (non-hydrogen) atoms. The van der Waals surface area contributed by atoms with Gasteiger partial charge in [0.15, 0.2) is 0 Å². The molecule has 1 aliphatic heterocycles. The number of nitrogens with zero attached hydrogens (tertiary/aromatic N) is 1. The molecule has 1 heterocycles. The molecule has 3 N–H and O–H groups in total. The van der Waals surface area contributed by atoms with Crippen LogP contribution in [0.3, 0.4) is 0 Å². The maximum Gasteiger partial charge on any atom is 0.250 e. The molecule has 0 saturated heterocycles. The molecule has 4 rings (SSSR count). The average Bonchev–Trinajstić information content (AvgIpc) is 2.66. The third-order valence-corrected chi connectivity index (χ3v) is 6.05. The Morgan fingerprint density at radius 3 is 2.67 bits per heavy atom. The predicted molar refractivity (Wildman–Crippen MR) is 110 cm³/mol. The highest BCUT2D eigenvalue weighted by molar-refractivity contribution is 6.30. The summed E-state index contributed by atoms with van der Waals surface area (Å²) in [5.74, 6) is 0.580. The summed E-state index contributed by atoms with van der Waals surface area (Å²) in [7, 11) is 0. The van der Waals surface area contributed by atoms with Gasteiger partial charge >= 0.3 is 0 Å². The maximum absolute atomic E-state index is 11.9. The quantitative estimate of drug-likeness (QED) is 0.789. The molecule has 1 aliphatic carbocycles. The second-order valence-electron chi connectivity index (χ2n) is 7.64. The first kappa shape index (κ1) is 18.1. The molecule has 5 heteroatoms. The lowest BCUT2D eigenvalue weighted by Gasteiger charge is -2.43. The number of carbonyl (C=O) groups excluding carboxylic acids is 1. The molecule has 140 valence electrons. The lowest BCUT2D eigenvalue weighted by molar-refractivity contribution is 0.100. The number of carbonyl (C=O) groups is 1. The van der Waals surface area contributed by atoms with Crippen molar-refractivity contribution >= 4 is 29.0 Å². The van der Waals surface area contributed by atoms with Crippen molar-refractivity contribution < 1.29 is 4.79 Å². The number of anilines is 1. The third-order valence-electron chi connectivity index (χ3n) is 5.81. The van der Waals surface area contributed by atoms with E-state index in [1.807, 2.05) is 30.3 Å². The highest BCUT2D eigenvalue weighted by atomic mass is 35.5. The zero-order chi connectivity index (χ0) is 18.9. The predicted octanol–water partition coefficient (Wildman–Crippen LogP) is 4.96. The second kappa shape index (κ2) is 7.35. The Kier molecular flexibility index (Phi) is 4.92. The number of hydrogen-bond acceptors (Lipinski definition) is 2. The second-order valence-corrected chi connectivity index (χ2v) is 8.08. The van der Waals surface area contributed by atoms with Gasteiger partial charge in [0.2, 0.25) is 0 Å². The zero-order valence-electron chi connectivity index (χ0n) is 15.3. The molecule has 2 aromatic rings. The molecule has 0 atom stereocenters. The van der Waals surface area contributed by atoms with E-state index in [2.05, 4.69) is 11.4 Å². The number of nitrogens with two attached hydrogens (primary N) is 1. The van der Waals surface area contributed by atoms with Crippen LogP contribution in [0.2, 0.25) is 5.02 Å². The summed E-state index contributed by atoms with van der Waals surface area (Å²) in [6, 6.07) is 13.6. The summed E-state index contributed by atoms with van der Waals surface area (Å²) < 4.78 is 0. The number of nitrogens with one attached hydrogen (secondary N) is 1. The lowest BCUT2D eigenvalue weighted by atomic mass is 9.67. The molecule has 0 radical (unpaired) electrons. The minimum atomic E-state index is -0.409. The van der Waals surface area contributed by atoms with Crippen molar-refractivity contribution in [3.63, 3.8) is 0 Å². The molecule has 2 aliphatic rings. The first-order chi connectivity index (χ1) is 13.1. The Morgan fingerprint density at radius 1 is 1.15 bits per heavy atom. The van der Waals surface area contributed by atoms with Crippen molar-refractivity contribution in [1.29, 1.82) is 0 Å². The molecule has 1 spiro atoms. The molecule has 4 nitrogen and oxygen atoms in total. The highest BCUT2D eigenvalue weighted by Crippen LogP contribution is 2.45. The third kappa shape index (κ3) is 3.59. The summed E-state index contributed by atoms with van der Waals surface area (Å²) in [4.78, 5) is 16.9. The molecule has 1 saturated carbocycles. The molecular formula is C22H24ClN3O. The molecule has 1 fully saturated rings. The van der Waals surface area contributed by atoms with Crippen LogP contribution in [0.25, 0.3) is 0 Å². The van der Waals surface area contributed by atoms with Gasteiger partial charge in [0.1, 0.15) is 5.84 Å². The Labute approximate surface area is 164 Å². The molecule has 2 aromatic carbocycles. The fourth-order valence-electron chi connectivity index (χ4n) is 4.45. The van der Waals surface area contributed by atoms with Crippen molar-refractivity contribution in [2.75, 3.05) is 5.32 Å². The molecular weight excluding hydrogens is 358 g/mol. The SMILES string of the molecule is NC(=O)c1cccc2c1NC(=NCc1cccc(Cl)c1)C1(CCCCC1)C2. The van der Waals surface area contributed by atoms with Crippen LogP contribution in [0, 0.1) is 5.41 Å². The van der Waals surface area contributed by atoms with E-state index in [0.29, 0.717) is 12.1 Å². The summed E-state index contributed by atoms with van der Waals surface area (Å²) in [6.45, 7) is 0.568. The number of benzene rings is 2. The normalized spacial score (nSPS) is 19.5. The number of amidine groups is 1. The minimum absolute atomic E-state index is 0.0279. The van der Waals surface area contributed by atoms with Crippen LogP contribution >= 0.6 is 11.6 Å². The van der Waals surface area contributed by atoms with Crippen LogP contribution < -0.4 is 11.1 Å². The van der Waals surface area contributed by atoms with Crippen LogP contribution in [0.4, 0.5) is 5.69 Å². The molecule has 0 unspecified atom stereocenters. The van der Waals surface area contributed by atoms with Crippen LogP contribution in [0.5, 0.6) is 0 Å². The van der Waals surface area contributed by atoms with Crippen molar-refractivity contribution in [3.8, 4) is 0 Å². The number of halogens is 1. The first-order valence-electron chi connectivity index (χ1n) is 9.55. The monoisotopic (exact) mass is 381 g/mol. The van der Waals surface area contributed by atoms with Crippen molar-refractivity contribution in [3.05, 3.63) is 64.2 Å². The minimum Gasteiger partial charge on any atom is -0.366 e. The van der Waals surface area contributed by atoms with Crippen molar-refractivity contribution in [2.45, 2.75) is 45.1 Å². The number of aliphatic imine (C=N–C) groups is 1. The van der Waals surface area contributed by atoms with E-state index in [0.717, 1.165) is 46.9 Å². The maximum atomic E-state index is 11.9. The Morgan fingerprint density at radius 2 is 1.93 bits per heavy atom. The van der Waals surface area contributed by atoms with Crippen LogP contribution in [-0.4, -0.2) is 11.7 Å². The fraction of sp³-hybridized carbons (Fsp3) is 0.364. The van der Waals surface area contributed by atoms with Gasteiger partial charge in [-0.1, -0.05) is 55.1 Å². The summed E-state index contributed by atoms with van der Waals surface area (Å²) in [5.41, 5.74) is 9.23. The number of amides is 1. The summed E-state index contributed by atoms with van der Waals surface area (Å²) >= 11 is 6.12. The summed E-state index contributed by atoms with van der Waals surface area (Å²) in [6.07, 6.45) is 6.84. The lowest BCUT2D eigenvalue weighted by Crippen LogP contribution is -2.44. The van der Waals surface area contributed by atoms with E-state index < -0.39 is 5.91 Å². The van der Waals surface area contributed by atoms with Crippen LogP contribution in [-0.2, 0) is 13.0 Å². The van der Waals surface area contributed by atoms with Gasteiger partial charge < -0.3 is 11.1 Å². The van der Waals surface area contributed by atoms with Crippen LogP contribution in [0.15, 0.2) is 47.5 Å². The number of rotatable bonds is 3. The Hall–Kier alpha value is -2.33. The molecule has 0 bridgehead atoms. The Bertz CT molecular complexity index is 900. The van der Waals surface area contributed by atoms with Crippen molar-refractivity contribution in [1.82, 2.24) is 0 Å². The van der Waals surface area contributed by atoms with E-state index in [4.69, 9.17) is 22.3 Å². The standard InChI is InChI=1S/C22H24ClN3O/c23-17-8-4-6-15(12-17)14-25-21-22(10-2-1-3-11-22)13-16-7-5-9-18(20(24)27)19(16)26-21/h4-9,12H,1-3,10-11,13-14H2,(H2,24,27)(H,25,26). The number of para-hydroxylation sites is 1. The number of fused-ring (bicyclic) bond motifs is 1. The summed E-state index contributed by atoms with van der Waals surface area (Å²) in [5, 5.41) is 4.23. The van der Waals surface area contributed by atoms with Gasteiger partial charge in [-0.25, -0.2) is 0 Å². The smallest absolute Gasteiger partial charge is 0.250 e. The first-order valence-corrected chi connectivity index (χ1v) is 9.93. The van der Waals surface area contributed by atoms with E-state index in [-0.39, 0.29) is 5.41 Å². The van der Waals surface area contributed by atoms with E-state index >= 15 is 0 Å². The van der Waals surface area contributed by atoms with Gasteiger partial charge in [-0.15, -0.1) is 0 Å².